The van der Waals surface area contributed by atoms with E-state index in [9.17, 15) is 4.79 Å². The van der Waals surface area contributed by atoms with Crippen LogP contribution in [-0.4, -0.2) is 9.98 Å². The molecule has 0 spiro atoms. The third kappa shape index (κ3) is 4.39. The molecule has 3 rings (SSSR count). The molecule has 2 aromatic rings. The van der Waals surface area contributed by atoms with Crippen molar-refractivity contribution in [2.45, 2.75) is 13.0 Å². The first kappa shape index (κ1) is 17.5. The van der Waals surface area contributed by atoms with Crippen molar-refractivity contribution in [3.63, 3.8) is 0 Å². The number of hydrogen-bond acceptors (Lipinski definition) is 4. The molecule has 2 nitrogen and oxygen atoms in total. The second-order valence-electron chi connectivity index (χ2n) is 5.18. The molecule has 1 heterocycles. The monoisotopic (exact) mass is 394 g/mol. The smallest absolute Gasteiger partial charge is 0.175 e. The van der Waals surface area contributed by atoms with Crippen molar-refractivity contribution in [3.05, 3.63) is 68.5 Å². The average molecular weight is 395 g/mol. The summed E-state index contributed by atoms with van der Waals surface area (Å²) in [5.74, 6) is 0.812. The van der Waals surface area contributed by atoms with Crippen LogP contribution in [0.1, 0.15) is 17.5 Å². The van der Waals surface area contributed by atoms with Crippen LogP contribution in [0.25, 0.3) is 6.08 Å². The number of hydrogen-bond donors (Lipinski definition) is 0. The van der Waals surface area contributed by atoms with E-state index in [-0.39, 0.29) is 5.78 Å². The molecule has 0 aromatic heterocycles. The van der Waals surface area contributed by atoms with Gasteiger partial charge in [-0.25, -0.2) is 0 Å². The Hall–Kier alpha value is -1.33. The molecular weight excluding hydrogens is 383 g/mol. The molecule has 1 aliphatic rings. The van der Waals surface area contributed by atoms with Crippen LogP contribution in [0.4, 0.5) is 0 Å². The molecule has 0 bridgehead atoms. The van der Waals surface area contributed by atoms with Gasteiger partial charge in [-0.15, -0.1) is 0 Å². The van der Waals surface area contributed by atoms with Gasteiger partial charge in [-0.2, -0.15) is 0 Å². The van der Waals surface area contributed by atoms with Crippen LogP contribution in [0, 0.1) is 0 Å². The lowest BCUT2D eigenvalue weighted by Gasteiger charge is -2.08. The number of allylic oxidation sites excluding steroid dienone is 1. The third-order valence-electron chi connectivity index (χ3n) is 3.39. The minimum atomic E-state index is 0.0858. The number of halogens is 2. The molecule has 1 saturated heterocycles. The number of thiocarbonyl (C=S) groups is 1. The lowest BCUT2D eigenvalue weighted by atomic mass is 10.1. The molecule has 0 aliphatic carbocycles. The summed E-state index contributed by atoms with van der Waals surface area (Å²) in [5, 5.41) is 1.18. The fraction of sp³-hybridized carbons (Fsp3) is 0.111. The first-order chi connectivity index (χ1) is 11.5. The minimum absolute atomic E-state index is 0.0858. The number of carbonyl (C=O) groups excluding carboxylic acids is 1. The number of carbonyl (C=O) groups is 1. The van der Waals surface area contributed by atoms with Gasteiger partial charge in [0.2, 0.25) is 0 Å². The molecule has 122 valence electrons. The largest absolute Gasteiger partial charge is 0.489 e. The van der Waals surface area contributed by atoms with Crippen molar-refractivity contribution in [3.8, 4) is 5.75 Å². The summed E-state index contributed by atoms with van der Waals surface area (Å²) in [6.07, 6.45) is 2.21. The van der Waals surface area contributed by atoms with Gasteiger partial charge in [0.05, 0.1) is 15.5 Å². The molecule has 0 N–H and O–H groups in total. The summed E-state index contributed by atoms with van der Waals surface area (Å²) in [4.78, 5) is 12.4. The molecule has 0 amide bonds. The predicted molar refractivity (Wildman–Crippen MR) is 105 cm³/mol. The lowest BCUT2D eigenvalue weighted by molar-refractivity contribution is -0.113. The third-order valence-corrected chi connectivity index (χ3v) is 5.31. The minimum Gasteiger partial charge on any atom is -0.489 e. The predicted octanol–water partition coefficient (Wildman–Crippen LogP) is 5.95. The highest BCUT2D eigenvalue weighted by Gasteiger charge is 2.22. The van der Waals surface area contributed by atoms with Crippen molar-refractivity contribution >= 4 is 63.2 Å². The van der Waals surface area contributed by atoms with E-state index in [1.54, 1.807) is 12.1 Å². The summed E-state index contributed by atoms with van der Waals surface area (Å²) in [6.45, 7) is 0.360. The summed E-state index contributed by atoms with van der Waals surface area (Å²) in [7, 11) is 0. The maximum absolute atomic E-state index is 11.7. The van der Waals surface area contributed by atoms with Gasteiger partial charge in [0.25, 0.3) is 0 Å². The number of Topliss-reactive ketones (excluding diaryl/α,β-unsaturated/α-hetero) is 1. The van der Waals surface area contributed by atoms with Crippen LogP contribution in [0.2, 0.25) is 10.0 Å². The zero-order valence-corrected chi connectivity index (χ0v) is 15.6. The van der Waals surface area contributed by atoms with E-state index in [1.165, 1.54) is 11.8 Å². The number of ether oxygens (including phenoxy) is 1. The Bertz CT molecular complexity index is 829. The summed E-state index contributed by atoms with van der Waals surface area (Å²) < 4.78 is 6.46. The molecule has 0 atom stereocenters. The Morgan fingerprint density at radius 2 is 1.92 bits per heavy atom. The molecule has 0 unspecified atom stereocenters. The Labute approximate surface area is 159 Å². The molecule has 1 aliphatic heterocycles. The van der Waals surface area contributed by atoms with E-state index in [0.29, 0.717) is 28.0 Å². The van der Waals surface area contributed by atoms with E-state index in [1.807, 2.05) is 36.4 Å². The molecule has 0 saturated carbocycles. The topological polar surface area (TPSA) is 26.3 Å². The molecule has 24 heavy (non-hydrogen) atoms. The quantitative estimate of drug-likeness (QED) is 0.472. The molecule has 0 radical (unpaired) electrons. The standard InChI is InChI=1S/C18H12Cl2O2S2/c19-13-4-3-12(15(20)8-13)10-22-14-5-1-11(2-6-14)7-17-16(21)9-18(23)24-17/h1-8H,9-10H2/b17-7+. The molecule has 6 heteroatoms. The maximum Gasteiger partial charge on any atom is 0.175 e. The van der Waals surface area contributed by atoms with Crippen LogP contribution < -0.4 is 4.74 Å². The normalized spacial score (nSPS) is 16.0. The highest BCUT2D eigenvalue weighted by Crippen LogP contribution is 2.32. The van der Waals surface area contributed by atoms with Crippen LogP contribution in [0.5, 0.6) is 5.75 Å². The fourth-order valence-electron chi connectivity index (χ4n) is 2.16. The van der Waals surface area contributed by atoms with Gasteiger partial charge in [-0.3, -0.25) is 4.79 Å². The lowest BCUT2D eigenvalue weighted by Crippen LogP contribution is -1.96. The number of benzene rings is 2. The van der Waals surface area contributed by atoms with Gasteiger partial charge >= 0.3 is 0 Å². The molecular formula is C18H12Cl2O2S2. The van der Waals surface area contributed by atoms with Crippen LogP contribution in [-0.2, 0) is 11.4 Å². The van der Waals surface area contributed by atoms with Crippen LogP contribution in [0.3, 0.4) is 0 Å². The van der Waals surface area contributed by atoms with E-state index in [2.05, 4.69) is 0 Å². The van der Waals surface area contributed by atoms with Crippen LogP contribution in [0.15, 0.2) is 47.4 Å². The zero-order valence-electron chi connectivity index (χ0n) is 12.4. The Morgan fingerprint density at radius 3 is 2.54 bits per heavy atom. The Kier molecular flexibility index (Phi) is 5.61. The van der Waals surface area contributed by atoms with Crippen LogP contribution >= 0.6 is 47.2 Å². The number of thioether (sulfide) groups is 1. The summed E-state index contributed by atoms with van der Waals surface area (Å²) >= 11 is 18.4. The van der Waals surface area contributed by atoms with Gasteiger partial charge in [-0.1, -0.05) is 65.4 Å². The van der Waals surface area contributed by atoms with Gasteiger partial charge < -0.3 is 4.74 Å². The average Bonchev–Trinajstić information content (AvgIpc) is 2.85. The van der Waals surface area contributed by atoms with Crippen molar-refractivity contribution in [1.82, 2.24) is 0 Å². The fourth-order valence-corrected chi connectivity index (χ4v) is 3.85. The highest BCUT2D eigenvalue weighted by atomic mass is 35.5. The molecule has 2 aromatic carbocycles. The number of rotatable bonds is 4. The van der Waals surface area contributed by atoms with Crippen molar-refractivity contribution in [2.24, 2.45) is 0 Å². The number of ketones is 1. The second-order valence-corrected chi connectivity index (χ2v) is 7.91. The maximum atomic E-state index is 11.7. The van der Waals surface area contributed by atoms with E-state index in [0.717, 1.165) is 21.1 Å². The van der Waals surface area contributed by atoms with Crippen molar-refractivity contribution in [2.75, 3.05) is 0 Å². The van der Waals surface area contributed by atoms with E-state index in [4.69, 9.17) is 40.2 Å². The Balaban J connectivity index is 1.65. The van der Waals surface area contributed by atoms with E-state index < -0.39 is 0 Å². The van der Waals surface area contributed by atoms with Gasteiger partial charge in [0.1, 0.15) is 12.4 Å². The SMILES string of the molecule is O=C1CC(=S)S/C1=C/c1ccc(OCc2ccc(Cl)cc2Cl)cc1. The highest BCUT2D eigenvalue weighted by molar-refractivity contribution is 8.27. The van der Waals surface area contributed by atoms with Crippen molar-refractivity contribution in [1.29, 1.82) is 0 Å². The van der Waals surface area contributed by atoms with E-state index >= 15 is 0 Å². The Morgan fingerprint density at radius 1 is 1.17 bits per heavy atom. The summed E-state index contributed by atoms with van der Waals surface area (Å²) in [6, 6.07) is 12.8. The molecule has 1 fully saturated rings. The second kappa shape index (κ2) is 7.70. The first-order valence-electron chi connectivity index (χ1n) is 7.13. The van der Waals surface area contributed by atoms with Crippen molar-refractivity contribution < 1.29 is 9.53 Å². The zero-order chi connectivity index (χ0) is 17.1. The summed E-state index contributed by atoms with van der Waals surface area (Å²) in [5.41, 5.74) is 1.81. The first-order valence-corrected chi connectivity index (χ1v) is 9.12. The van der Waals surface area contributed by atoms with Gasteiger partial charge in [0.15, 0.2) is 5.78 Å². The van der Waals surface area contributed by atoms with Gasteiger partial charge in [0, 0.05) is 15.6 Å². The van der Waals surface area contributed by atoms with Gasteiger partial charge in [-0.05, 0) is 35.9 Å².